The van der Waals surface area contributed by atoms with Crippen molar-refractivity contribution in [1.29, 1.82) is 0 Å². The van der Waals surface area contributed by atoms with Gasteiger partial charge in [0.15, 0.2) is 0 Å². The minimum atomic E-state index is -0.284. The predicted octanol–water partition coefficient (Wildman–Crippen LogP) is 4.04. The van der Waals surface area contributed by atoms with Crippen LogP contribution < -0.4 is 16.2 Å². The second-order valence-corrected chi connectivity index (χ2v) is 7.36. The van der Waals surface area contributed by atoms with Gasteiger partial charge in [-0.2, -0.15) is 0 Å². The zero-order valence-corrected chi connectivity index (χ0v) is 15.1. The van der Waals surface area contributed by atoms with Crippen LogP contribution >= 0.6 is 11.3 Å². The maximum atomic E-state index is 12.6. The number of rotatable bonds is 5. The summed E-state index contributed by atoms with van der Waals surface area (Å²) >= 11 is 1.60. The fraction of sp³-hybridized carbons (Fsp3) is 0.263. The Balaban J connectivity index is 1.87. The first-order valence-electron chi connectivity index (χ1n) is 8.24. The van der Waals surface area contributed by atoms with Crippen LogP contribution in [0.3, 0.4) is 0 Å². The van der Waals surface area contributed by atoms with E-state index in [1.807, 2.05) is 35.7 Å². The van der Waals surface area contributed by atoms with Gasteiger partial charge in [-0.15, -0.1) is 11.3 Å². The first-order chi connectivity index (χ1) is 12.0. The zero-order valence-electron chi connectivity index (χ0n) is 14.3. The van der Waals surface area contributed by atoms with Crippen molar-refractivity contribution in [3.8, 4) is 0 Å². The Morgan fingerprint density at radius 2 is 1.92 bits per heavy atom. The van der Waals surface area contributed by atoms with Gasteiger partial charge in [0.05, 0.1) is 12.2 Å². The van der Waals surface area contributed by atoms with Crippen LogP contribution in [0.25, 0.3) is 10.8 Å². The Hall–Kier alpha value is -2.60. The SMILES string of the molecule is CC(C)Cn1cc(NC(=O)NCc2cccs2)c2ccccc2c1=O. The van der Waals surface area contributed by atoms with E-state index in [-0.39, 0.29) is 11.6 Å². The van der Waals surface area contributed by atoms with Gasteiger partial charge in [0, 0.05) is 28.4 Å². The monoisotopic (exact) mass is 355 g/mol. The number of urea groups is 1. The van der Waals surface area contributed by atoms with E-state index < -0.39 is 0 Å². The molecule has 130 valence electrons. The van der Waals surface area contributed by atoms with Crippen molar-refractivity contribution in [2.45, 2.75) is 26.9 Å². The highest BCUT2D eigenvalue weighted by atomic mass is 32.1. The normalized spacial score (nSPS) is 11.0. The van der Waals surface area contributed by atoms with Gasteiger partial charge in [0.1, 0.15) is 0 Å². The van der Waals surface area contributed by atoms with E-state index in [4.69, 9.17) is 0 Å². The number of thiophene rings is 1. The molecule has 0 aliphatic rings. The van der Waals surface area contributed by atoms with Crippen LogP contribution in [0, 0.1) is 5.92 Å². The minimum absolute atomic E-state index is 0.0335. The van der Waals surface area contributed by atoms with E-state index in [1.165, 1.54) is 0 Å². The molecule has 1 aromatic carbocycles. The number of carbonyl (C=O) groups excluding carboxylic acids is 1. The molecule has 0 radical (unpaired) electrons. The lowest BCUT2D eigenvalue weighted by molar-refractivity contribution is 0.252. The van der Waals surface area contributed by atoms with Crippen LogP contribution in [-0.2, 0) is 13.1 Å². The second kappa shape index (κ2) is 7.53. The molecule has 2 heterocycles. The summed E-state index contributed by atoms with van der Waals surface area (Å²) in [6, 6.07) is 11.0. The Morgan fingerprint density at radius 1 is 1.16 bits per heavy atom. The fourth-order valence-electron chi connectivity index (χ4n) is 2.72. The molecular formula is C19H21N3O2S. The van der Waals surface area contributed by atoms with E-state index in [0.29, 0.717) is 30.1 Å². The van der Waals surface area contributed by atoms with Crippen LogP contribution in [0.5, 0.6) is 0 Å². The van der Waals surface area contributed by atoms with Crippen molar-refractivity contribution in [3.63, 3.8) is 0 Å². The summed E-state index contributed by atoms with van der Waals surface area (Å²) in [6.07, 6.45) is 1.73. The van der Waals surface area contributed by atoms with E-state index in [9.17, 15) is 9.59 Å². The van der Waals surface area contributed by atoms with Gasteiger partial charge in [0.2, 0.25) is 0 Å². The van der Waals surface area contributed by atoms with E-state index in [1.54, 1.807) is 28.2 Å². The lowest BCUT2D eigenvalue weighted by atomic mass is 10.1. The molecule has 0 saturated carbocycles. The largest absolute Gasteiger partial charge is 0.333 e. The van der Waals surface area contributed by atoms with Gasteiger partial charge in [-0.1, -0.05) is 38.1 Å². The van der Waals surface area contributed by atoms with Gasteiger partial charge in [0.25, 0.3) is 5.56 Å². The average molecular weight is 355 g/mol. The van der Waals surface area contributed by atoms with Crippen LogP contribution in [0.1, 0.15) is 18.7 Å². The first-order valence-corrected chi connectivity index (χ1v) is 9.12. The van der Waals surface area contributed by atoms with Crippen LogP contribution in [0.4, 0.5) is 10.5 Å². The van der Waals surface area contributed by atoms with E-state index in [0.717, 1.165) is 10.3 Å². The van der Waals surface area contributed by atoms with Crippen molar-refractivity contribution in [1.82, 2.24) is 9.88 Å². The highest BCUT2D eigenvalue weighted by Crippen LogP contribution is 2.21. The van der Waals surface area contributed by atoms with Crippen LogP contribution in [0.2, 0.25) is 0 Å². The zero-order chi connectivity index (χ0) is 17.8. The predicted molar refractivity (Wildman–Crippen MR) is 103 cm³/mol. The van der Waals surface area contributed by atoms with Crippen molar-refractivity contribution < 1.29 is 4.79 Å². The first kappa shape index (κ1) is 17.2. The number of carbonyl (C=O) groups is 1. The summed E-state index contributed by atoms with van der Waals surface area (Å²) in [6.45, 7) is 5.20. The molecule has 0 aliphatic heterocycles. The number of nitrogens with zero attached hydrogens (tertiary/aromatic N) is 1. The Labute approximate surface area is 150 Å². The van der Waals surface area contributed by atoms with E-state index in [2.05, 4.69) is 24.5 Å². The Morgan fingerprint density at radius 3 is 2.60 bits per heavy atom. The van der Waals surface area contributed by atoms with Crippen molar-refractivity contribution in [2.75, 3.05) is 5.32 Å². The molecule has 0 atom stereocenters. The number of hydrogen-bond donors (Lipinski definition) is 2. The number of nitrogens with one attached hydrogen (secondary N) is 2. The maximum Gasteiger partial charge on any atom is 0.319 e. The van der Waals surface area contributed by atoms with Crippen molar-refractivity contribution in [2.24, 2.45) is 5.92 Å². The number of anilines is 1. The minimum Gasteiger partial charge on any atom is -0.333 e. The van der Waals surface area contributed by atoms with Crippen LogP contribution in [0.15, 0.2) is 52.8 Å². The molecule has 0 aliphatic carbocycles. The molecule has 0 fully saturated rings. The van der Waals surface area contributed by atoms with Crippen LogP contribution in [-0.4, -0.2) is 10.6 Å². The van der Waals surface area contributed by atoms with Gasteiger partial charge in [-0.25, -0.2) is 4.79 Å². The fourth-order valence-corrected chi connectivity index (χ4v) is 3.36. The molecule has 2 aromatic heterocycles. The third kappa shape index (κ3) is 4.09. The summed E-state index contributed by atoms with van der Waals surface area (Å²) in [5, 5.41) is 9.06. The summed E-state index contributed by atoms with van der Waals surface area (Å²) < 4.78 is 1.67. The lowest BCUT2D eigenvalue weighted by Gasteiger charge is -2.15. The highest BCUT2D eigenvalue weighted by Gasteiger charge is 2.11. The van der Waals surface area contributed by atoms with Gasteiger partial charge in [-0.3, -0.25) is 4.79 Å². The molecule has 5 nitrogen and oxygen atoms in total. The van der Waals surface area contributed by atoms with E-state index >= 15 is 0 Å². The number of amides is 2. The topological polar surface area (TPSA) is 63.1 Å². The van der Waals surface area contributed by atoms with Crippen molar-refractivity contribution in [3.05, 3.63) is 63.2 Å². The molecule has 0 unspecified atom stereocenters. The molecule has 3 rings (SSSR count). The summed E-state index contributed by atoms with van der Waals surface area (Å²) in [5.74, 6) is 0.333. The van der Waals surface area contributed by atoms with Gasteiger partial charge >= 0.3 is 6.03 Å². The molecular weight excluding hydrogens is 334 g/mol. The Kier molecular flexibility index (Phi) is 5.19. The molecule has 2 N–H and O–H groups in total. The summed E-state index contributed by atoms with van der Waals surface area (Å²) in [5.41, 5.74) is 0.605. The number of pyridine rings is 1. The highest BCUT2D eigenvalue weighted by molar-refractivity contribution is 7.09. The average Bonchev–Trinajstić information content (AvgIpc) is 3.10. The third-order valence-electron chi connectivity index (χ3n) is 3.81. The molecule has 0 bridgehead atoms. The molecule has 3 aromatic rings. The smallest absolute Gasteiger partial charge is 0.319 e. The lowest BCUT2D eigenvalue weighted by Crippen LogP contribution is -2.29. The molecule has 6 heteroatoms. The van der Waals surface area contributed by atoms with Gasteiger partial charge < -0.3 is 15.2 Å². The maximum absolute atomic E-state index is 12.6. The number of aromatic nitrogens is 1. The molecule has 0 saturated heterocycles. The Bertz CT molecular complexity index is 929. The molecule has 2 amide bonds. The van der Waals surface area contributed by atoms with Gasteiger partial charge in [-0.05, 0) is 23.4 Å². The number of benzene rings is 1. The second-order valence-electron chi connectivity index (χ2n) is 6.33. The number of fused-ring (bicyclic) bond motifs is 1. The standard InChI is InChI=1S/C19H21N3O2S/c1-13(2)11-22-12-17(15-7-3-4-8-16(15)18(22)23)21-19(24)20-10-14-6-5-9-25-14/h3-9,12-13H,10-11H2,1-2H3,(H2,20,21,24). The summed E-state index contributed by atoms with van der Waals surface area (Å²) in [4.78, 5) is 26.0. The molecule has 25 heavy (non-hydrogen) atoms. The molecule has 0 spiro atoms. The number of hydrogen-bond acceptors (Lipinski definition) is 3. The quantitative estimate of drug-likeness (QED) is 0.725. The summed E-state index contributed by atoms with van der Waals surface area (Å²) in [7, 11) is 0. The van der Waals surface area contributed by atoms with Crippen molar-refractivity contribution >= 4 is 33.8 Å². The third-order valence-corrected chi connectivity index (χ3v) is 4.68.